The van der Waals surface area contributed by atoms with E-state index in [1.54, 1.807) is 6.07 Å². The molecular formula is C8H9N3S. The van der Waals surface area contributed by atoms with Crippen LogP contribution in [0.3, 0.4) is 0 Å². The van der Waals surface area contributed by atoms with Gasteiger partial charge in [-0.15, -0.1) is 0 Å². The summed E-state index contributed by atoms with van der Waals surface area (Å²) in [7, 11) is 0. The van der Waals surface area contributed by atoms with E-state index in [9.17, 15) is 0 Å². The summed E-state index contributed by atoms with van der Waals surface area (Å²) in [6.45, 7) is 1.87. The van der Waals surface area contributed by atoms with Gasteiger partial charge >= 0.3 is 0 Å². The zero-order chi connectivity index (χ0) is 8.97. The van der Waals surface area contributed by atoms with Gasteiger partial charge in [0.15, 0.2) is 0 Å². The Hall–Kier alpha value is -1.21. The number of aryl methyl sites for hydroxylation is 1. The van der Waals surface area contributed by atoms with Crippen LogP contribution < -0.4 is 4.72 Å². The minimum absolute atomic E-state index is 0.458. The van der Waals surface area contributed by atoms with Crippen LogP contribution in [0.1, 0.15) is 11.4 Å². The topological polar surface area (TPSA) is 48.7 Å². The van der Waals surface area contributed by atoms with Crippen molar-refractivity contribution >= 4 is 17.6 Å². The van der Waals surface area contributed by atoms with E-state index in [-0.39, 0.29) is 0 Å². The van der Waals surface area contributed by atoms with Crippen molar-refractivity contribution < 1.29 is 0 Å². The van der Waals surface area contributed by atoms with Crippen molar-refractivity contribution in [3.8, 4) is 6.07 Å². The molecule has 0 aliphatic heterocycles. The van der Waals surface area contributed by atoms with Gasteiger partial charge in [-0.25, -0.2) is 4.98 Å². The smallest absolute Gasteiger partial charge is 0.140 e. The van der Waals surface area contributed by atoms with Crippen LogP contribution in [0, 0.1) is 18.3 Å². The Morgan fingerprint density at radius 2 is 2.33 bits per heavy atom. The summed E-state index contributed by atoms with van der Waals surface area (Å²) in [6, 6.07) is 5.55. The number of nitrogens with zero attached hydrogens (tertiary/aromatic N) is 2. The highest BCUT2D eigenvalue weighted by molar-refractivity contribution is 7.99. The molecule has 1 aromatic heterocycles. The molecule has 62 valence electrons. The van der Waals surface area contributed by atoms with Crippen molar-refractivity contribution in [3.63, 3.8) is 0 Å². The third-order valence-electron chi connectivity index (χ3n) is 1.41. The van der Waals surface area contributed by atoms with Crippen molar-refractivity contribution in [2.45, 2.75) is 6.92 Å². The summed E-state index contributed by atoms with van der Waals surface area (Å²) in [5.41, 5.74) is 2.27. The fraction of sp³-hybridized carbons (Fsp3) is 0.250. The van der Waals surface area contributed by atoms with Crippen LogP contribution in [0.4, 0.5) is 5.69 Å². The van der Waals surface area contributed by atoms with Gasteiger partial charge in [-0.1, -0.05) is 11.9 Å². The highest BCUT2D eigenvalue weighted by atomic mass is 32.2. The molecule has 12 heavy (non-hydrogen) atoms. The number of rotatable bonds is 2. The van der Waals surface area contributed by atoms with Gasteiger partial charge in [0.25, 0.3) is 0 Å². The predicted molar refractivity (Wildman–Crippen MR) is 50.8 cm³/mol. The number of anilines is 1. The van der Waals surface area contributed by atoms with E-state index in [0.717, 1.165) is 11.4 Å². The lowest BCUT2D eigenvalue weighted by molar-refractivity contribution is 1.17. The van der Waals surface area contributed by atoms with E-state index in [2.05, 4.69) is 9.71 Å². The summed E-state index contributed by atoms with van der Waals surface area (Å²) in [5.74, 6) is 0. The van der Waals surface area contributed by atoms with Crippen LogP contribution in [-0.2, 0) is 0 Å². The molecule has 0 radical (unpaired) electrons. The Morgan fingerprint density at radius 1 is 1.58 bits per heavy atom. The molecule has 1 aromatic rings. The molecule has 0 bridgehead atoms. The van der Waals surface area contributed by atoms with Gasteiger partial charge in [0.2, 0.25) is 0 Å². The minimum Gasteiger partial charge on any atom is -0.328 e. The van der Waals surface area contributed by atoms with Crippen molar-refractivity contribution in [3.05, 3.63) is 23.5 Å². The zero-order valence-electron chi connectivity index (χ0n) is 6.96. The fourth-order valence-electron chi connectivity index (χ4n) is 0.841. The van der Waals surface area contributed by atoms with Gasteiger partial charge in [0, 0.05) is 6.26 Å². The Kier molecular flexibility index (Phi) is 2.94. The lowest BCUT2D eigenvalue weighted by atomic mass is 10.3. The van der Waals surface area contributed by atoms with Crippen LogP contribution in [0.15, 0.2) is 12.1 Å². The maximum Gasteiger partial charge on any atom is 0.140 e. The first-order valence-corrected chi connectivity index (χ1v) is 4.67. The number of nitrogens with one attached hydrogen (secondary N) is 1. The number of hydrogen-bond donors (Lipinski definition) is 1. The molecule has 1 heterocycles. The maximum absolute atomic E-state index is 8.54. The molecule has 0 aromatic carbocycles. The van der Waals surface area contributed by atoms with E-state index in [1.807, 2.05) is 25.3 Å². The summed E-state index contributed by atoms with van der Waals surface area (Å²) in [6.07, 6.45) is 1.94. The van der Waals surface area contributed by atoms with Crippen molar-refractivity contribution in [2.75, 3.05) is 11.0 Å². The quantitative estimate of drug-likeness (QED) is 0.705. The Labute approximate surface area is 75.9 Å². The summed E-state index contributed by atoms with van der Waals surface area (Å²) in [5, 5.41) is 8.54. The summed E-state index contributed by atoms with van der Waals surface area (Å²) >= 11 is 1.51. The standard InChI is InChI=1S/C8H9N3S/c1-6-8(11-12-2)4-3-7(5-9)10-6/h3-4,11H,1-2H3. The van der Waals surface area contributed by atoms with Crippen LogP contribution in [-0.4, -0.2) is 11.2 Å². The monoisotopic (exact) mass is 179 g/mol. The highest BCUT2D eigenvalue weighted by Gasteiger charge is 1.98. The fourth-order valence-corrected chi connectivity index (χ4v) is 1.28. The average Bonchev–Trinajstić information content (AvgIpc) is 2.09. The van der Waals surface area contributed by atoms with E-state index >= 15 is 0 Å². The van der Waals surface area contributed by atoms with Gasteiger partial charge in [-0.05, 0) is 19.1 Å². The second-order valence-electron chi connectivity index (χ2n) is 2.25. The first-order chi connectivity index (χ1) is 5.77. The molecule has 0 unspecified atom stereocenters. The molecule has 0 saturated heterocycles. The van der Waals surface area contributed by atoms with Gasteiger partial charge < -0.3 is 4.72 Å². The molecule has 0 atom stereocenters. The van der Waals surface area contributed by atoms with E-state index in [4.69, 9.17) is 5.26 Å². The Bertz CT molecular complexity index is 317. The molecule has 0 aliphatic rings. The first kappa shape index (κ1) is 8.88. The number of pyridine rings is 1. The maximum atomic E-state index is 8.54. The molecule has 1 N–H and O–H groups in total. The largest absolute Gasteiger partial charge is 0.328 e. The normalized spacial score (nSPS) is 9.08. The summed E-state index contributed by atoms with van der Waals surface area (Å²) < 4.78 is 3.07. The minimum atomic E-state index is 0.458. The van der Waals surface area contributed by atoms with Crippen molar-refractivity contribution in [2.24, 2.45) is 0 Å². The summed E-state index contributed by atoms with van der Waals surface area (Å²) in [4.78, 5) is 4.07. The molecule has 0 saturated carbocycles. The van der Waals surface area contributed by atoms with Crippen LogP contribution in [0.2, 0.25) is 0 Å². The Morgan fingerprint density at radius 3 is 2.83 bits per heavy atom. The molecule has 0 aliphatic carbocycles. The molecule has 3 nitrogen and oxygen atoms in total. The SMILES string of the molecule is CSNc1ccc(C#N)nc1C. The van der Waals surface area contributed by atoms with Crippen LogP contribution in [0.25, 0.3) is 0 Å². The third-order valence-corrected chi connectivity index (χ3v) is 1.84. The van der Waals surface area contributed by atoms with E-state index in [1.165, 1.54) is 11.9 Å². The van der Waals surface area contributed by atoms with E-state index in [0.29, 0.717) is 5.69 Å². The molecule has 4 heteroatoms. The van der Waals surface area contributed by atoms with Gasteiger partial charge in [-0.2, -0.15) is 5.26 Å². The van der Waals surface area contributed by atoms with Crippen LogP contribution >= 0.6 is 11.9 Å². The lowest BCUT2D eigenvalue weighted by Gasteiger charge is -2.04. The number of nitriles is 1. The lowest BCUT2D eigenvalue weighted by Crippen LogP contribution is -1.93. The Balaban J connectivity index is 2.97. The second-order valence-corrected chi connectivity index (χ2v) is 2.86. The molecule has 0 fully saturated rings. The highest BCUT2D eigenvalue weighted by Crippen LogP contribution is 2.15. The van der Waals surface area contributed by atoms with Gasteiger partial charge in [0.1, 0.15) is 11.8 Å². The third kappa shape index (κ3) is 1.89. The molecule has 1 rings (SSSR count). The predicted octanol–water partition coefficient (Wildman–Crippen LogP) is 1.95. The average molecular weight is 179 g/mol. The van der Waals surface area contributed by atoms with E-state index < -0.39 is 0 Å². The zero-order valence-corrected chi connectivity index (χ0v) is 7.77. The van der Waals surface area contributed by atoms with Crippen molar-refractivity contribution in [1.29, 1.82) is 5.26 Å². The number of hydrogen-bond acceptors (Lipinski definition) is 4. The van der Waals surface area contributed by atoms with Gasteiger partial charge in [-0.3, -0.25) is 0 Å². The molecular weight excluding hydrogens is 170 g/mol. The van der Waals surface area contributed by atoms with Gasteiger partial charge in [0.05, 0.1) is 11.4 Å². The van der Waals surface area contributed by atoms with Crippen LogP contribution in [0.5, 0.6) is 0 Å². The number of aromatic nitrogens is 1. The first-order valence-electron chi connectivity index (χ1n) is 3.44. The second kappa shape index (κ2) is 3.98. The van der Waals surface area contributed by atoms with Crippen molar-refractivity contribution in [1.82, 2.24) is 4.98 Å². The molecule has 0 amide bonds. The molecule has 0 spiro atoms.